The standard InChI is InChI=1S/C15H11F4NO4/c16-7-11-9(13(21)22)6-10(14(23)24)12(15(17,18)19)20(11)8-4-2-1-3-5-8/h1-5H,6-7H2,(H,21,22)(H,23,24). The highest BCUT2D eigenvalue weighted by molar-refractivity contribution is 5.97. The molecule has 0 aromatic heterocycles. The maximum absolute atomic E-state index is 13.5. The number of hydrogen-bond acceptors (Lipinski definition) is 3. The Labute approximate surface area is 133 Å². The van der Waals surface area contributed by atoms with Crippen LogP contribution in [0.3, 0.4) is 0 Å². The Morgan fingerprint density at radius 1 is 1.04 bits per heavy atom. The number of carboxylic acids is 2. The number of alkyl halides is 4. The minimum atomic E-state index is -5.12. The summed E-state index contributed by atoms with van der Waals surface area (Å²) in [6, 6.07) is 6.64. The Morgan fingerprint density at radius 3 is 2.00 bits per heavy atom. The molecule has 0 spiro atoms. The molecule has 2 N–H and O–H groups in total. The number of para-hydroxylation sites is 1. The van der Waals surface area contributed by atoms with E-state index in [0.29, 0.717) is 4.90 Å². The van der Waals surface area contributed by atoms with E-state index in [1.807, 2.05) is 0 Å². The Kier molecular flexibility index (Phi) is 4.63. The second-order valence-corrected chi connectivity index (χ2v) is 4.84. The largest absolute Gasteiger partial charge is 0.478 e. The van der Waals surface area contributed by atoms with Crippen LogP contribution in [-0.4, -0.2) is 35.0 Å². The molecule has 0 atom stereocenters. The quantitative estimate of drug-likeness (QED) is 0.820. The molecule has 0 bridgehead atoms. The first-order chi connectivity index (χ1) is 11.2. The van der Waals surface area contributed by atoms with Gasteiger partial charge in [-0.25, -0.2) is 14.0 Å². The molecular formula is C15H11F4NO4. The maximum atomic E-state index is 13.5. The average molecular weight is 345 g/mol. The van der Waals surface area contributed by atoms with Gasteiger partial charge in [0.25, 0.3) is 0 Å². The molecule has 1 aliphatic rings. The summed E-state index contributed by atoms with van der Waals surface area (Å²) in [5.41, 5.74) is -4.41. The third-order valence-corrected chi connectivity index (χ3v) is 3.41. The third kappa shape index (κ3) is 3.10. The fourth-order valence-electron chi connectivity index (χ4n) is 2.44. The van der Waals surface area contributed by atoms with Gasteiger partial charge in [0.2, 0.25) is 0 Å². The van der Waals surface area contributed by atoms with Gasteiger partial charge in [0, 0.05) is 12.1 Å². The maximum Gasteiger partial charge on any atom is 0.432 e. The van der Waals surface area contributed by atoms with E-state index in [2.05, 4.69) is 0 Å². The topological polar surface area (TPSA) is 77.8 Å². The van der Waals surface area contributed by atoms with E-state index in [0.717, 1.165) is 0 Å². The molecule has 0 fully saturated rings. The molecule has 9 heteroatoms. The van der Waals surface area contributed by atoms with Gasteiger partial charge < -0.3 is 15.1 Å². The van der Waals surface area contributed by atoms with Crippen LogP contribution >= 0.6 is 0 Å². The van der Waals surface area contributed by atoms with Crippen LogP contribution < -0.4 is 4.90 Å². The van der Waals surface area contributed by atoms with Crippen molar-refractivity contribution < 1.29 is 37.4 Å². The predicted molar refractivity (Wildman–Crippen MR) is 74.9 cm³/mol. The molecule has 1 aliphatic heterocycles. The first-order valence-corrected chi connectivity index (χ1v) is 6.58. The van der Waals surface area contributed by atoms with Crippen molar-refractivity contribution in [2.24, 2.45) is 0 Å². The van der Waals surface area contributed by atoms with Crippen LogP contribution in [0, 0.1) is 0 Å². The number of anilines is 1. The zero-order valence-electron chi connectivity index (χ0n) is 12.0. The lowest BCUT2D eigenvalue weighted by atomic mass is 9.94. The Morgan fingerprint density at radius 2 is 1.58 bits per heavy atom. The second-order valence-electron chi connectivity index (χ2n) is 4.84. The number of nitrogens with zero attached hydrogens (tertiary/aromatic N) is 1. The van der Waals surface area contributed by atoms with Gasteiger partial charge in [-0.3, -0.25) is 0 Å². The lowest BCUT2D eigenvalue weighted by Crippen LogP contribution is -2.39. The van der Waals surface area contributed by atoms with Gasteiger partial charge in [-0.1, -0.05) is 18.2 Å². The summed E-state index contributed by atoms with van der Waals surface area (Å²) in [6.45, 7) is -1.50. The van der Waals surface area contributed by atoms with Gasteiger partial charge in [-0.2, -0.15) is 13.2 Å². The van der Waals surface area contributed by atoms with Crippen molar-refractivity contribution >= 4 is 17.6 Å². The zero-order valence-corrected chi connectivity index (χ0v) is 12.0. The fraction of sp³-hybridized carbons (Fsp3) is 0.200. The molecule has 1 aromatic carbocycles. The minimum Gasteiger partial charge on any atom is -0.478 e. The Bertz CT molecular complexity index is 738. The van der Waals surface area contributed by atoms with Crippen molar-refractivity contribution in [3.63, 3.8) is 0 Å². The third-order valence-electron chi connectivity index (χ3n) is 3.41. The number of halogens is 4. The highest BCUT2D eigenvalue weighted by Gasteiger charge is 2.47. The van der Waals surface area contributed by atoms with E-state index in [4.69, 9.17) is 10.2 Å². The van der Waals surface area contributed by atoms with Crippen molar-refractivity contribution in [2.75, 3.05) is 11.6 Å². The molecular weight excluding hydrogens is 334 g/mol. The highest BCUT2D eigenvalue weighted by Crippen LogP contribution is 2.42. The van der Waals surface area contributed by atoms with Crippen LogP contribution in [0.15, 0.2) is 52.9 Å². The van der Waals surface area contributed by atoms with Gasteiger partial charge >= 0.3 is 18.1 Å². The molecule has 0 amide bonds. The van der Waals surface area contributed by atoms with E-state index in [1.54, 1.807) is 0 Å². The summed E-state index contributed by atoms with van der Waals surface area (Å²) in [6.07, 6.45) is -6.14. The van der Waals surface area contributed by atoms with Crippen LogP contribution in [0.2, 0.25) is 0 Å². The van der Waals surface area contributed by atoms with Crippen LogP contribution in [-0.2, 0) is 9.59 Å². The van der Waals surface area contributed by atoms with Crippen molar-refractivity contribution in [1.29, 1.82) is 0 Å². The molecule has 1 aromatic rings. The molecule has 2 rings (SSSR count). The van der Waals surface area contributed by atoms with E-state index in [1.165, 1.54) is 30.3 Å². The van der Waals surface area contributed by atoms with Crippen LogP contribution in [0.1, 0.15) is 6.42 Å². The van der Waals surface area contributed by atoms with Crippen LogP contribution in [0.5, 0.6) is 0 Å². The number of rotatable bonds is 4. The van der Waals surface area contributed by atoms with Crippen molar-refractivity contribution in [1.82, 2.24) is 0 Å². The summed E-state index contributed by atoms with van der Waals surface area (Å²) in [5.74, 6) is -3.59. The molecule has 0 unspecified atom stereocenters. The number of carboxylic acid groups (broad SMARTS) is 2. The van der Waals surface area contributed by atoms with Gasteiger partial charge in [0.05, 0.1) is 16.8 Å². The van der Waals surface area contributed by atoms with Crippen molar-refractivity contribution in [3.05, 3.63) is 52.9 Å². The normalized spacial score (nSPS) is 15.8. The molecule has 24 heavy (non-hydrogen) atoms. The smallest absolute Gasteiger partial charge is 0.432 e. The predicted octanol–water partition coefficient (Wildman–Crippen LogP) is 3.11. The average Bonchev–Trinajstić information content (AvgIpc) is 2.52. The number of carbonyl (C=O) groups is 2. The SMILES string of the molecule is O=C(O)C1=C(CF)N(c2ccccc2)C(C(F)(F)F)=C(C(=O)O)C1. The van der Waals surface area contributed by atoms with E-state index < -0.39 is 53.8 Å². The number of benzene rings is 1. The molecule has 5 nitrogen and oxygen atoms in total. The molecule has 0 radical (unpaired) electrons. The van der Waals surface area contributed by atoms with Gasteiger partial charge in [-0.15, -0.1) is 0 Å². The molecule has 128 valence electrons. The monoisotopic (exact) mass is 345 g/mol. The summed E-state index contributed by atoms with van der Waals surface area (Å²) in [7, 11) is 0. The lowest BCUT2D eigenvalue weighted by Gasteiger charge is -2.35. The Balaban J connectivity index is 2.82. The van der Waals surface area contributed by atoms with Crippen LogP contribution in [0.4, 0.5) is 23.2 Å². The molecule has 0 aliphatic carbocycles. The summed E-state index contributed by atoms with van der Waals surface area (Å²) < 4.78 is 53.8. The number of allylic oxidation sites excluding steroid dienone is 2. The molecule has 1 heterocycles. The summed E-state index contributed by atoms with van der Waals surface area (Å²) in [4.78, 5) is 22.9. The van der Waals surface area contributed by atoms with Crippen LogP contribution in [0.25, 0.3) is 0 Å². The Hall–Kier alpha value is -2.84. The molecule has 0 saturated heterocycles. The van der Waals surface area contributed by atoms with E-state index >= 15 is 0 Å². The van der Waals surface area contributed by atoms with E-state index in [9.17, 15) is 27.2 Å². The fourth-order valence-corrected chi connectivity index (χ4v) is 2.44. The zero-order chi connectivity index (χ0) is 18.1. The minimum absolute atomic E-state index is 0.185. The van der Waals surface area contributed by atoms with Crippen molar-refractivity contribution in [3.8, 4) is 0 Å². The van der Waals surface area contributed by atoms with E-state index in [-0.39, 0.29) is 5.69 Å². The van der Waals surface area contributed by atoms with Gasteiger partial charge in [-0.05, 0) is 12.1 Å². The first kappa shape index (κ1) is 17.5. The molecule has 0 saturated carbocycles. The first-order valence-electron chi connectivity index (χ1n) is 6.58. The van der Waals surface area contributed by atoms with Gasteiger partial charge in [0.1, 0.15) is 12.4 Å². The summed E-state index contributed by atoms with van der Waals surface area (Å²) in [5, 5.41) is 18.2. The highest BCUT2D eigenvalue weighted by atomic mass is 19.4. The number of hydrogen-bond donors (Lipinski definition) is 2. The van der Waals surface area contributed by atoms with Gasteiger partial charge in [0.15, 0.2) is 0 Å². The van der Waals surface area contributed by atoms with Crippen molar-refractivity contribution in [2.45, 2.75) is 12.6 Å². The second kappa shape index (κ2) is 6.34. The lowest BCUT2D eigenvalue weighted by molar-refractivity contribution is -0.134. The number of aliphatic carboxylic acids is 2. The summed E-state index contributed by atoms with van der Waals surface area (Å²) >= 11 is 0.